The number of carbonyl (C=O) groups is 1. The molecule has 1 aliphatic rings. The van der Waals surface area contributed by atoms with E-state index in [-0.39, 0.29) is 23.7 Å². The Labute approximate surface area is 184 Å². The van der Waals surface area contributed by atoms with Crippen molar-refractivity contribution in [1.82, 2.24) is 4.72 Å². The third-order valence-electron chi connectivity index (χ3n) is 5.46. The average Bonchev–Trinajstić information content (AvgIpc) is 3.17. The molecule has 4 atom stereocenters. The number of benzene rings is 2. The van der Waals surface area contributed by atoms with Crippen LogP contribution in [0.1, 0.15) is 37.0 Å². The van der Waals surface area contributed by atoms with Crippen LogP contribution in [0.3, 0.4) is 0 Å². The van der Waals surface area contributed by atoms with Crippen molar-refractivity contribution in [3.8, 4) is 0 Å². The lowest BCUT2D eigenvalue weighted by atomic mass is 9.88. The third-order valence-corrected chi connectivity index (χ3v) is 6.91. The average molecular weight is 444 g/mol. The maximum atomic E-state index is 13.1. The minimum absolute atomic E-state index is 0.103. The van der Waals surface area contributed by atoms with Crippen molar-refractivity contribution < 1.29 is 22.7 Å². The van der Waals surface area contributed by atoms with E-state index in [1.54, 1.807) is 25.1 Å². The van der Waals surface area contributed by atoms with Gasteiger partial charge in [0.15, 0.2) is 0 Å². The van der Waals surface area contributed by atoms with Crippen molar-refractivity contribution in [2.24, 2.45) is 5.92 Å². The predicted molar refractivity (Wildman–Crippen MR) is 119 cm³/mol. The molecule has 1 fully saturated rings. The van der Waals surface area contributed by atoms with Crippen LogP contribution >= 0.6 is 0 Å². The summed E-state index contributed by atoms with van der Waals surface area (Å²) < 4.78 is 40.2. The molecule has 1 saturated heterocycles. The molecule has 0 saturated carbocycles. The molecule has 7 heteroatoms. The Balaban J connectivity index is 1.91. The third kappa shape index (κ3) is 5.61. The SMILES string of the molecule is C=CC[C@H]1O[C@@H](c2ccccc2)C[C@@H]1[C@@H](NS(=O)(=O)c1ccc(C)cc1)C(=O)OCC. The van der Waals surface area contributed by atoms with Crippen molar-refractivity contribution in [3.05, 3.63) is 78.4 Å². The summed E-state index contributed by atoms with van der Waals surface area (Å²) in [5.74, 6) is -1.00. The molecule has 0 aromatic heterocycles. The number of esters is 1. The molecule has 6 nitrogen and oxygen atoms in total. The van der Waals surface area contributed by atoms with E-state index in [9.17, 15) is 13.2 Å². The number of hydrogen-bond acceptors (Lipinski definition) is 5. The van der Waals surface area contributed by atoms with Gasteiger partial charge in [-0.05, 0) is 44.4 Å². The molecule has 0 bridgehead atoms. The first-order valence-electron chi connectivity index (χ1n) is 10.4. The van der Waals surface area contributed by atoms with Gasteiger partial charge in [-0.1, -0.05) is 54.1 Å². The van der Waals surface area contributed by atoms with Crippen molar-refractivity contribution in [2.45, 2.75) is 49.8 Å². The summed E-state index contributed by atoms with van der Waals surface area (Å²) in [7, 11) is -3.93. The molecule has 2 aromatic carbocycles. The van der Waals surface area contributed by atoms with Gasteiger partial charge in [-0.25, -0.2) is 8.42 Å². The number of aryl methyl sites for hydroxylation is 1. The molecule has 3 rings (SSSR count). The topological polar surface area (TPSA) is 81.7 Å². The Kier molecular flexibility index (Phi) is 7.64. The second-order valence-corrected chi connectivity index (χ2v) is 9.38. The maximum Gasteiger partial charge on any atom is 0.324 e. The van der Waals surface area contributed by atoms with Gasteiger partial charge in [-0.15, -0.1) is 6.58 Å². The lowest BCUT2D eigenvalue weighted by molar-refractivity contribution is -0.147. The summed E-state index contributed by atoms with van der Waals surface area (Å²) in [4.78, 5) is 13.0. The minimum atomic E-state index is -3.93. The van der Waals surface area contributed by atoms with E-state index >= 15 is 0 Å². The Morgan fingerprint density at radius 3 is 2.52 bits per heavy atom. The minimum Gasteiger partial charge on any atom is -0.465 e. The van der Waals surface area contributed by atoms with Crippen molar-refractivity contribution in [1.29, 1.82) is 0 Å². The highest BCUT2D eigenvalue weighted by molar-refractivity contribution is 7.89. The molecule has 166 valence electrons. The summed E-state index contributed by atoms with van der Waals surface area (Å²) in [6.45, 7) is 7.53. The van der Waals surface area contributed by atoms with Crippen LogP contribution < -0.4 is 4.72 Å². The predicted octanol–water partition coefficient (Wildman–Crippen LogP) is 3.93. The van der Waals surface area contributed by atoms with E-state index in [4.69, 9.17) is 9.47 Å². The highest BCUT2D eigenvalue weighted by Gasteiger charge is 2.45. The monoisotopic (exact) mass is 443 g/mol. The molecule has 1 N–H and O–H groups in total. The molecule has 0 radical (unpaired) electrons. The van der Waals surface area contributed by atoms with Gasteiger partial charge >= 0.3 is 5.97 Å². The van der Waals surface area contributed by atoms with Gasteiger partial charge in [0.25, 0.3) is 0 Å². The molecule has 1 aliphatic heterocycles. The molecule has 0 spiro atoms. The van der Waals surface area contributed by atoms with Gasteiger partial charge < -0.3 is 9.47 Å². The van der Waals surface area contributed by atoms with E-state index in [0.717, 1.165) is 11.1 Å². The first-order valence-corrected chi connectivity index (χ1v) is 11.9. The van der Waals surface area contributed by atoms with Crippen LogP contribution in [-0.4, -0.2) is 33.1 Å². The molecule has 31 heavy (non-hydrogen) atoms. The summed E-state index contributed by atoms with van der Waals surface area (Å²) in [5, 5.41) is 0. The van der Waals surface area contributed by atoms with Crippen molar-refractivity contribution in [2.75, 3.05) is 6.61 Å². The van der Waals surface area contributed by atoms with Crippen LogP contribution in [0, 0.1) is 12.8 Å². The molecule has 2 aromatic rings. The molecule has 1 heterocycles. The van der Waals surface area contributed by atoms with Gasteiger partial charge in [0.1, 0.15) is 6.04 Å². The second-order valence-electron chi connectivity index (χ2n) is 7.66. The van der Waals surface area contributed by atoms with Gasteiger partial charge in [0, 0.05) is 5.92 Å². The first-order chi connectivity index (χ1) is 14.9. The van der Waals surface area contributed by atoms with Gasteiger partial charge in [-0.3, -0.25) is 4.79 Å². The van der Waals surface area contributed by atoms with E-state index in [1.165, 1.54) is 12.1 Å². The van der Waals surface area contributed by atoms with Crippen LogP contribution in [-0.2, 0) is 24.3 Å². The standard InChI is InChI=1S/C24H29NO5S/c1-4-9-21-20(16-22(30-21)18-10-7-6-8-11-18)23(24(26)29-5-2)25-31(27,28)19-14-12-17(3)13-15-19/h4,6-8,10-15,20-23,25H,1,5,9,16H2,2-3H3/t20-,21+,22+,23+/m0/s1. The van der Waals surface area contributed by atoms with Gasteiger partial charge in [-0.2, -0.15) is 4.72 Å². The Hall–Kier alpha value is -2.48. The quantitative estimate of drug-likeness (QED) is 0.469. The molecule has 0 aliphatic carbocycles. The number of ether oxygens (including phenoxy) is 2. The second kappa shape index (κ2) is 10.2. The van der Waals surface area contributed by atoms with E-state index in [0.29, 0.717) is 12.8 Å². The van der Waals surface area contributed by atoms with Gasteiger partial charge in [0.2, 0.25) is 10.0 Å². The van der Waals surface area contributed by atoms with Crippen LogP contribution in [0.25, 0.3) is 0 Å². The zero-order valence-electron chi connectivity index (χ0n) is 17.9. The van der Waals surface area contributed by atoms with Crippen LogP contribution in [0.5, 0.6) is 0 Å². The smallest absolute Gasteiger partial charge is 0.324 e. The van der Waals surface area contributed by atoms with Crippen LogP contribution in [0.15, 0.2) is 72.1 Å². The van der Waals surface area contributed by atoms with Crippen molar-refractivity contribution in [3.63, 3.8) is 0 Å². The molecule has 0 unspecified atom stereocenters. The first kappa shape index (κ1) is 23.2. The number of hydrogen-bond donors (Lipinski definition) is 1. The van der Waals surface area contributed by atoms with E-state index < -0.39 is 28.0 Å². The lowest BCUT2D eigenvalue weighted by Gasteiger charge is -2.26. The van der Waals surface area contributed by atoms with E-state index in [1.807, 2.05) is 37.3 Å². The normalized spacial score (nSPS) is 22.1. The fourth-order valence-corrected chi connectivity index (χ4v) is 5.12. The highest BCUT2D eigenvalue weighted by atomic mass is 32.2. The summed E-state index contributed by atoms with van der Waals surface area (Å²) in [6.07, 6.45) is 2.11. The zero-order valence-corrected chi connectivity index (χ0v) is 18.7. The summed E-state index contributed by atoms with van der Waals surface area (Å²) >= 11 is 0. The Morgan fingerprint density at radius 2 is 1.90 bits per heavy atom. The summed E-state index contributed by atoms with van der Waals surface area (Å²) in [5.41, 5.74) is 1.94. The maximum absolute atomic E-state index is 13.1. The van der Waals surface area contributed by atoms with Crippen LogP contribution in [0.2, 0.25) is 0 Å². The number of rotatable bonds is 9. The number of carbonyl (C=O) groups excluding carboxylic acids is 1. The fraction of sp³-hybridized carbons (Fsp3) is 0.375. The number of sulfonamides is 1. The zero-order chi connectivity index (χ0) is 22.4. The largest absolute Gasteiger partial charge is 0.465 e. The van der Waals surface area contributed by atoms with Crippen LogP contribution in [0.4, 0.5) is 0 Å². The van der Waals surface area contributed by atoms with E-state index in [2.05, 4.69) is 11.3 Å². The summed E-state index contributed by atoms with van der Waals surface area (Å²) in [6, 6.07) is 15.1. The Bertz CT molecular complexity index is 988. The lowest BCUT2D eigenvalue weighted by Crippen LogP contribution is -2.49. The Morgan fingerprint density at radius 1 is 1.23 bits per heavy atom. The highest BCUT2D eigenvalue weighted by Crippen LogP contribution is 2.40. The molecular weight excluding hydrogens is 414 g/mol. The van der Waals surface area contributed by atoms with Gasteiger partial charge in [0.05, 0.1) is 23.7 Å². The molecule has 0 amide bonds. The number of nitrogens with one attached hydrogen (secondary N) is 1. The fourth-order valence-electron chi connectivity index (χ4n) is 3.89. The van der Waals surface area contributed by atoms with Crippen molar-refractivity contribution >= 4 is 16.0 Å². The molecular formula is C24H29NO5S.